The molecule has 0 radical (unpaired) electrons. The molecule has 2 heteroatoms. The highest BCUT2D eigenvalue weighted by Crippen LogP contribution is 2.43. The highest BCUT2D eigenvalue weighted by Gasteiger charge is 2.36. The van der Waals surface area contributed by atoms with Crippen molar-refractivity contribution in [1.82, 2.24) is 9.80 Å². The first-order chi connectivity index (χ1) is 22.8. The van der Waals surface area contributed by atoms with Gasteiger partial charge < -0.3 is 9.80 Å². The van der Waals surface area contributed by atoms with Gasteiger partial charge in [-0.2, -0.15) is 0 Å². The molecule has 8 aliphatic rings. The van der Waals surface area contributed by atoms with Gasteiger partial charge in [0.15, 0.2) is 0 Å². The third-order valence-corrected chi connectivity index (χ3v) is 11.9. The molecule has 8 unspecified atom stereocenters. The number of rotatable bonds is 7. The van der Waals surface area contributed by atoms with Gasteiger partial charge in [0.2, 0.25) is 0 Å². The van der Waals surface area contributed by atoms with Crippen LogP contribution in [0, 0.1) is 29.6 Å². The first kappa shape index (κ1) is 29.9. The van der Waals surface area contributed by atoms with Crippen molar-refractivity contribution < 1.29 is 0 Å². The molecular formula is C44H52N2. The molecule has 0 spiro atoms. The molecule has 0 bridgehead atoms. The lowest BCUT2D eigenvalue weighted by atomic mass is 9.77. The van der Waals surface area contributed by atoms with E-state index in [1.807, 2.05) is 0 Å². The predicted molar refractivity (Wildman–Crippen MR) is 193 cm³/mol. The van der Waals surface area contributed by atoms with Crippen LogP contribution in [0.1, 0.15) is 77.0 Å². The van der Waals surface area contributed by atoms with Gasteiger partial charge in [0.1, 0.15) is 0 Å². The van der Waals surface area contributed by atoms with Crippen molar-refractivity contribution in [3.63, 3.8) is 0 Å². The highest BCUT2D eigenvalue weighted by atomic mass is 15.2. The molecule has 0 fully saturated rings. The van der Waals surface area contributed by atoms with E-state index in [1.165, 1.54) is 75.5 Å². The first-order valence-electron chi connectivity index (χ1n) is 18.6. The Balaban J connectivity index is 0.998. The Morgan fingerprint density at radius 3 is 2.26 bits per heavy atom. The number of nitrogens with zero attached hydrogens (tertiary/aromatic N) is 2. The lowest BCUT2D eigenvalue weighted by Crippen LogP contribution is -2.46. The van der Waals surface area contributed by atoms with Crippen molar-refractivity contribution in [2.24, 2.45) is 29.6 Å². The summed E-state index contributed by atoms with van der Waals surface area (Å²) in [6.45, 7) is 0. The van der Waals surface area contributed by atoms with E-state index in [4.69, 9.17) is 0 Å². The summed E-state index contributed by atoms with van der Waals surface area (Å²) in [6, 6.07) is 1.49. The Kier molecular flexibility index (Phi) is 8.88. The third-order valence-electron chi connectivity index (χ3n) is 11.9. The van der Waals surface area contributed by atoms with E-state index < -0.39 is 0 Å². The SMILES string of the molecule is C1=CC2C=CC=C(N(C3C=CC(C4=CCC(N(C5=CCCCC5)C5=CC=CC6C=CCCC56)C=C4)CC3)C3CC=CCC3)C2C=C1. The molecule has 0 aromatic heterocycles. The average Bonchev–Trinajstić information content (AvgIpc) is 3.14. The van der Waals surface area contributed by atoms with Crippen molar-refractivity contribution in [3.8, 4) is 0 Å². The van der Waals surface area contributed by atoms with Gasteiger partial charge in [-0.1, -0.05) is 109 Å². The second-order valence-corrected chi connectivity index (χ2v) is 14.7. The predicted octanol–water partition coefficient (Wildman–Crippen LogP) is 10.6. The summed E-state index contributed by atoms with van der Waals surface area (Å²) in [6.07, 6.45) is 63.4. The van der Waals surface area contributed by atoms with Crippen LogP contribution in [-0.4, -0.2) is 27.9 Å². The quantitative estimate of drug-likeness (QED) is 0.265. The highest BCUT2D eigenvalue weighted by molar-refractivity contribution is 5.38. The molecule has 8 aliphatic carbocycles. The van der Waals surface area contributed by atoms with Gasteiger partial charge >= 0.3 is 0 Å². The molecule has 8 atom stereocenters. The molecule has 0 saturated heterocycles. The molecule has 0 aromatic rings. The minimum Gasteiger partial charge on any atom is -0.365 e. The lowest BCUT2D eigenvalue weighted by molar-refractivity contribution is 0.164. The van der Waals surface area contributed by atoms with Crippen LogP contribution in [0.4, 0.5) is 0 Å². The van der Waals surface area contributed by atoms with Gasteiger partial charge in [-0.3, -0.25) is 0 Å². The fourth-order valence-corrected chi connectivity index (χ4v) is 9.54. The molecule has 8 rings (SSSR count). The summed E-state index contributed by atoms with van der Waals surface area (Å²) in [5, 5.41) is 0. The van der Waals surface area contributed by atoms with Gasteiger partial charge in [-0.05, 0) is 94.8 Å². The molecular weight excluding hydrogens is 556 g/mol. The van der Waals surface area contributed by atoms with Crippen LogP contribution in [-0.2, 0) is 0 Å². The summed E-state index contributed by atoms with van der Waals surface area (Å²) in [5.41, 5.74) is 6.20. The summed E-state index contributed by atoms with van der Waals surface area (Å²) in [7, 11) is 0. The van der Waals surface area contributed by atoms with Crippen molar-refractivity contribution in [1.29, 1.82) is 0 Å². The Bertz CT molecular complexity index is 1510. The standard InChI is InChI=1S/C44H52N2/c1-3-17-37(18-4-1)45(43-23-11-15-35-13-7-9-21-41(35)43)39-29-25-33(26-30-39)34-27-31-40(32-28-34)46(38-19-5-2-6-20-38)44-24-12-16-36-14-8-10-22-42(36)44/h1,3,7-9,11-16,19,21,23-25,27-29,31,33,35-37,39-42H,2,4-6,10,17-18,20,22,26,30,32H2. The van der Waals surface area contributed by atoms with Gasteiger partial charge in [-0.25, -0.2) is 0 Å². The molecule has 0 aliphatic heterocycles. The zero-order valence-corrected chi connectivity index (χ0v) is 27.5. The van der Waals surface area contributed by atoms with E-state index in [0.717, 1.165) is 12.8 Å². The third kappa shape index (κ3) is 6.01. The largest absolute Gasteiger partial charge is 0.365 e. The lowest BCUT2D eigenvalue weighted by Gasteiger charge is -2.46. The van der Waals surface area contributed by atoms with E-state index in [-0.39, 0.29) is 0 Å². The molecule has 46 heavy (non-hydrogen) atoms. The van der Waals surface area contributed by atoms with Crippen LogP contribution in [0.15, 0.2) is 144 Å². The normalized spacial score (nSPS) is 35.9. The summed E-state index contributed by atoms with van der Waals surface area (Å²) < 4.78 is 0. The molecule has 2 nitrogen and oxygen atoms in total. The maximum Gasteiger partial charge on any atom is 0.0553 e. The summed E-state index contributed by atoms with van der Waals surface area (Å²) in [4.78, 5) is 5.62. The molecule has 0 N–H and O–H groups in total. The van der Waals surface area contributed by atoms with E-state index in [2.05, 4.69) is 131 Å². The van der Waals surface area contributed by atoms with Gasteiger partial charge in [0.25, 0.3) is 0 Å². The Hall–Kier alpha value is -3.52. The topological polar surface area (TPSA) is 6.48 Å². The van der Waals surface area contributed by atoms with Gasteiger partial charge in [0, 0.05) is 58.8 Å². The van der Waals surface area contributed by atoms with Gasteiger partial charge in [-0.15, -0.1) is 0 Å². The minimum atomic E-state index is 0.421. The van der Waals surface area contributed by atoms with Crippen LogP contribution in [0.5, 0.6) is 0 Å². The van der Waals surface area contributed by atoms with Crippen LogP contribution < -0.4 is 0 Å². The zero-order chi connectivity index (χ0) is 30.7. The van der Waals surface area contributed by atoms with Crippen LogP contribution in [0.25, 0.3) is 0 Å². The number of hydrogen-bond donors (Lipinski definition) is 0. The number of hydrogen-bond acceptors (Lipinski definition) is 2. The van der Waals surface area contributed by atoms with Crippen LogP contribution >= 0.6 is 0 Å². The van der Waals surface area contributed by atoms with Gasteiger partial charge in [0.05, 0.1) is 6.04 Å². The average molecular weight is 609 g/mol. The maximum absolute atomic E-state index is 2.85. The number of allylic oxidation sites excluding steroid dienone is 19. The summed E-state index contributed by atoms with van der Waals surface area (Å²) >= 11 is 0. The van der Waals surface area contributed by atoms with E-state index in [9.17, 15) is 0 Å². The van der Waals surface area contributed by atoms with E-state index in [1.54, 1.807) is 11.4 Å². The molecule has 0 saturated carbocycles. The fourth-order valence-electron chi connectivity index (χ4n) is 9.54. The Morgan fingerprint density at radius 2 is 1.46 bits per heavy atom. The number of fused-ring (bicyclic) bond motifs is 2. The second-order valence-electron chi connectivity index (χ2n) is 14.7. The van der Waals surface area contributed by atoms with Crippen molar-refractivity contribution in [2.75, 3.05) is 0 Å². The van der Waals surface area contributed by atoms with Crippen LogP contribution in [0.2, 0.25) is 0 Å². The maximum atomic E-state index is 2.85. The molecule has 0 amide bonds. The van der Waals surface area contributed by atoms with Crippen molar-refractivity contribution >= 4 is 0 Å². The Morgan fingerprint density at radius 1 is 0.587 bits per heavy atom. The van der Waals surface area contributed by atoms with E-state index in [0.29, 0.717) is 47.7 Å². The smallest absolute Gasteiger partial charge is 0.0553 e. The summed E-state index contributed by atoms with van der Waals surface area (Å²) in [5.74, 6) is 2.65. The van der Waals surface area contributed by atoms with Crippen LogP contribution in [0.3, 0.4) is 0 Å². The van der Waals surface area contributed by atoms with Crippen molar-refractivity contribution in [2.45, 2.75) is 95.2 Å². The van der Waals surface area contributed by atoms with E-state index >= 15 is 0 Å². The first-order valence-corrected chi connectivity index (χ1v) is 18.6. The molecule has 0 heterocycles. The minimum absolute atomic E-state index is 0.421. The fraction of sp³-hybridized carbons (Fsp3) is 0.455. The Labute approximate surface area is 278 Å². The van der Waals surface area contributed by atoms with Crippen molar-refractivity contribution in [3.05, 3.63) is 144 Å². The molecule has 238 valence electrons. The monoisotopic (exact) mass is 608 g/mol. The molecule has 0 aromatic carbocycles. The second kappa shape index (κ2) is 13.7. The zero-order valence-electron chi connectivity index (χ0n) is 27.5.